The van der Waals surface area contributed by atoms with Gasteiger partial charge in [0.2, 0.25) is 0 Å². The van der Waals surface area contributed by atoms with E-state index in [-0.39, 0.29) is 0 Å². The SMILES string of the molecule is COc1cccc2c1[C@H](C[C@H]1CCCN1C(C)C)CO2. The molecule has 2 aliphatic rings. The Balaban J connectivity index is 1.78. The molecule has 0 aromatic heterocycles. The Hall–Kier alpha value is -1.22. The molecule has 3 nitrogen and oxygen atoms in total. The lowest BCUT2D eigenvalue weighted by atomic mass is 9.92. The van der Waals surface area contributed by atoms with Crippen LogP contribution in [0.25, 0.3) is 0 Å². The van der Waals surface area contributed by atoms with Crippen LogP contribution in [0.5, 0.6) is 11.5 Å². The van der Waals surface area contributed by atoms with Crippen LogP contribution >= 0.6 is 0 Å². The first-order chi connectivity index (χ1) is 9.70. The standard InChI is InChI=1S/C17H25NO2/c1-12(2)18-9-5-6-14(18)10-13-11-20-16-8-4-7-15(19-3)17(13)16/h4,7-8,12-14H,5-6,9-11H2,1-3H3/t13-,14-/m1/s1. The van der Waals surface area contributed by atoms with Gasteiger partial charge in [-0.05, 0) is 51.8 Å². The van der Waals surface area contributed by atoms with Gasteiger partial charge in [0.05, 0.1) is 13.7 Å². The highest BCUT2D eigenvalue weighted by Crippen LogP contribution is 2.43. The molecule has 2 atom stereocenters. The van der Waals surface area contributed by atoms with Gasteiger partial charge in [-0.3, -0.25) is 4.90 Å². The zero-order valence-electron chi connectivity index (χ0n) is 12.8. The van der Waals surface area contributed by atoms with Gasteiger partial charge in [0, 0.05) is 23.6 Å². The summed E-state index contributed by atoms with van der Waals surface area (Å²) in [5.41, 5.74) is 1.28. The van der Waals surface area contributed by atoms with Gasteiger partial charge in [0.25, 0.3) is 0 Å². The van der Waals surface area contributed by atoms with E-state index in [1.54, 1.807) is 7.11 Å². The Morgan fingerprint density at radius 1 is 1.40 bits per heavy atom. The summed E-state index contributed by atoms with van der Waals surface area (Å²) in [6.45, 7) is 6.66. The molecule has 0 amide bonds. The van der Waals surface area contributed by atoms with Gasteiger partial charge < -0.3 is 9.47 Å². The minimum Gasteiger partial charge on any atom is -0.496 e. The van der Waals surface area contributed by atoms with Crippen molar-refractivity contribution in [2.75, 3.05) is 20.3 Å². The van der Waals surface area contributed by atoms with Crippen LogP contribution in [-0.4, -0.2) is 37.2 Å². The Morgan fingerprint density at radius 3 is 3.00 bits per heavy atom. The van der Waals surface area contributed by atoms with Crippen molar-refractivity contribution in [3.63, 3.8) is 0 Å². The van der Waals surface area contributed by atoms with Crippen LogP contribution < -0.4 is 9.47 Å². The molecule has 0 unspecified atom stereocenters. The number of benzene rings is 1. The van der Waals surface area contributed by atoms with E-state index < -0.39 is 0 Å². The van der Waals surface area contributed by atoms with E-state index in [9.17, 15) is 0 Å². The van der Waals surface area contributed by atoms with Crippen LogP contribution in [0.1, 0.15) is 44.6 Å². The fourth-order valence-electron chi connectivity index (χ4n) is 3.81. The number of methoxy groups -OCH3 is 1. The summed E-state index contributed by atoms with van der Waals surface area (Å²) in [5.74, 6) is 2.48. The van der Waals surface area contributed by atoms with Gasteiger partial charge in [-0.2, -0.15) is 0 Å². The third kappa shape index (κ3) is 2.39. The topological polar surface area (TPSA) is 21.7 Å². The molecule has 1 aromatic rings. The van der Waals surface area contributed by atoms with Crippen molar-refractivity contribution < 1.29 is 9.47 Å². The minimum absolute atomic E-state index is 0.477. The number of hydrogen-bond donors (Lipinski definition) is 0. The van der Waals surface area contributed by atoms with E-state index in [0.29, 0.717) is 18.0 Å². The summed E-state index contributed by atoms with van der Waals surface area (Å²) >= 11 is 0. The molecular formula is C17H25NO2. The smallest absolute Gasteiger partial charge is 0.126 e. The van der Waals surface area contributed by atoms with Gasteiger partial charge in [-0.1, -0.05) is 6.07 Å². The van der Waals surface area contributed by atoms with Crippen molar-refractivity contribution in [1.82, 2.24) is 4.90 Å². The maximum Gasteiger partial charge on any atom is 0.126 e. The Morgan fingerprint density at radius 2 is 2.25 bits per heavy atom. The highest BCUT2D eigenvalue weighted by atomic mass is 16.5. The molecular weight excluding hydrogens is 250 g/mol. The van der Waals surface area contributed by atoms with Crippen molar-refractivity contribution in [3.05, 3.63) is 23.8 Å². The number of likely N-dealkylation sites (tertiary alicyclic amines) is 1. The number of rotatable bonds is 4. The quantitative estimate of drug-likeness (QED) is 0.840. The molecule has 2 heterocycles. The fourth-order valence-corrected chi connectivity index (χ4v) is 3.81. The summed E-state index contributed by atoms with van der Waals surface area (Å²) in [6, 6.07) is 7.46. The number of ether oxygens (including phenoxy) is 2. The highest BCUT2D eigenvalue weighted by Gasteiger charge is 2.34. The van der Waals surface area contributed by atoms with E-state index >= 15 is 0 Å². The zero-order chi connectivity index (χ0) is 14.1. The maximum absolute atomic E-state index is 5.86. The molecule has 110 valence electrons. The minimum atomic E-state index is 0.477. The molecule has 0 radical (unpaired) electrons. The predicted octanol–water partition coefficient (Wildman–Crippen LogP) is 3.43. The van der Waals surface area contributed by atoms with Gasteiger partial charge in [-0.15, -0.1) is 0 Å². The second kappa shape index (κ2) is 5.65. The molecule has 0 N–H and O–H groups in total. The van der Waals surface area contributed by atoms with Gasteiger partial charge in [0.1, 0.15) is 11.5 Å². The second-order valence-corrected chi connectivity index (χ2v) is 6.24. The summed E-state index contributed by atoms with van der Waals surface area (Å²) < 4.78 is 11.4. The van der Waals surface area contributed by atoms with E-state index in [0.717, 1.165) is 18.1 Å². The average molecular weight is 275 g/mol. The van der Waals surface area contributed by atoms with Crippen LogP contribution in [0.4, 0.5) is 0 Å². The maximum atomic E-state index is 5.86. The van der Waals surface area contributed by atoms with Crippen LogP contribution in [-0.2, 0) is 0 Å². The lowest BCUT2D eigenvalue weighted by Crippen LogP contribution is -2.36. The largest absolute Gasteiger partial charge is 0.496 e. The van der Waals surface area contributed by atoms with Crippen molar-refractivity contribution in [1.29, 1.82) is 0 Å². The summed E-state index contributed by atoms with van der Waals surface area (Å²) in [7, 11) is 1.75. The first-order valence-electron chi connectivity index (χ1n) is 7.76. The predicted molar refractivity (Wildman–Crippen MR) is 80.7 cm³/mol. The Bertz CT molecular complexity index is 472. The molecule has 20 heavy (non-hydrogen) atoms. The second-order valence-electron chi connectivity index (χ2n) is 6.24. The van der Waals surface area contributed by atoms with E-state index in [4.69, 9.17) is 9.47 Å². The molecule has 3 rings (SSSR count). The molecule has 0 bridgehead atoms. The normalized spacial score (nSPS) is 25.8. The van der Waals surface area contributed by atoms with Crippen molar-refractivity contribution in [2.45, 2.75) is 51.1 Å². The molecule has 0 saturated carbocycles. The van der Waals surface area contributed by atoms with E-state index in [1.165, 1.54) is 31.4 Å². The monoisotopic (exact) mass is 275 g/mol. The van der Waals surface area contributed by atoms with Gasteiger partial charge in [-0.25, -0.2) is 0 Å². The molecule has 2 aliphatic heterocycles. The van der Waals surface area contributed by atoms with Crippen molar-refractivity contribution >= 4 is 0 Å². The number of hydrogen-bond acceptors (Lipinski definition) is 3. The average Bonchev–Trinajstić information content (AvgIpc) is 3.06. The van der Waals surface area contributed by atoms with Gasteiger partial charge >= 0.3 is 0 Å². The molecule has 1 saturated heterocycles. The molecule has 0 aliphatic carbocycles. The fraction of sp³-hybridized carbons (Fsp3) is 0.647. The van der Waals surface area contributed by atoms with Crippen molar-refractivity contribution in [2.24, 2.45) is 0 Å². The number of nitrogens with zero attached hydrogens (tertiary/aromatic N) is 1. The summed E-state index contributed by atoms with van der Waals surface area (Å²) in [6.07, 6.45) is 3.83. The lowest BCUT2D eigenvalue weighted by molar-refractivity contribution is 0.181. The van der Waals surface area contributed by atoms with Gasteiger partial charge in [0.15, 0.2) is 0 Å². The van der Waals surface area contributed by atoms with Crippen LogP contribution in [0.3, 0.4) is 0 Å². The Kier molecular flexibility index (Phi) is 3.88. The lowest BCUT2D eigenvalue weighted by Gasteiger charge is -2.30. The van der Waals surface area contributed by atoms with E-state index in [2.05, 4.69) is 30.9 Å². The summed E-state index contributed by atoms with van der Waals surface area (Å²) in [4.78, 5) is 2.65. The zero-order valence-corrected chi connectivity index (χ0v) is 12.8. The molecule has 0 spiro atoms. The van der Waals surface area contributed by atoms with Crippen LogP contribution in [0.2, 0.25) is 0 Å². The molecule has 1 fully saturated rings. The third-order valence-electron chi connectivity index (χ3n) is 4.74. The Labute approximate surface area is 121 Å². The number of fused-ring (bicyclic) bond motifs is 1. The molecule has 1 aromatic carbocycles. The van der Waals surface area contributed by atoms with Crippen LogP contribution in [0.15, 0.2) is 18.2 Å². The van der Waals surface area contributed by atoms with E-state index in [1.807, 2.05) is 6.07 Å². The van der Waals surface area contributed by atoms with Crippen LogP contribution in [0, 0.1) is 0 Å². The van der Waals surface area contributed by atoms with Crippen molar-refractivity contribution in [3.8, 4) is 11.5 Å². The first-order valence-corrected chi connectivity index (χ1v) is 7.76. The third-order valence-corrected chi connectivity index (χ3v) is 4.74. The highest BCUT2D eigenvalue weighted by molar-refractivity contribution is 5.49. The summed E-state index contributed by atoms with van der Waals surface area (Å²) in [5, 5.41) is 0. The first kappa shape index (κ1) is 13.7. The molecule has 3 heteroatoms.